The molecule has 0 aromatic heterocycles. The van der Waals surface area contributed by atoms with Gasteiger partial charge in [0, 0.05) is 11.1 Å². The van der Waals surface area contributed by atoms with Crippen LogP contribution < -0.4 is 10.6 Å². The number of nitrogens with zero attached hydrogens (tertiary/aromatic N) is 3. The van der Waals surface area contributed by atoms with Gasteiger partial charge in [-0.05, 0) is 31.2 Å². The van der Waals surface area contributed by atoms with Crippen molar-refractivity contribution in [1.82, 2.24) is 5.32 Å². The number of benzene rings is 1. The molecule has 0 saturated carbocycles. The van der Waals surface area contributed by atoms with Gasteiger partial charge in [0.1, 0.15) is 5.92 Å². The first kappa shape index (κ1) is 20.0. The topological polar surface area (TPSA) is 130 Å². The number of hydrogen-bond donors (Lipinski definition) is 2. The maximum absolute atomic E-state index is 12.4. The lowest BCUT2D eigenvalue weighted by Crippen LogP contribution is -2.45. The highest BCUT2D eigenvalue weighted by molar-refractivity contribution is 8.04. The van der Waals surface area contributed by atoms with Crippen molar-refractivity contribution in [3.05, 3.63) is 40.4 Å². The minimum atomic E-state index is -0.973. The van der Waals surface area contributed by atoms with E-state index < -0.39 is 22.5 Å². The van der Waals surface area contributed by atoms with E-state index >= 15 is 0 Å². The fourth-order valence-electron chi connectivity index (χ4n) is 2.62. The molecule has 27 heavy (non-hydrogen) atoms. The van der Waals surface area contributed by atoms with Gasteiger partial charge >= 0.3 is 0 Å². The molecular formula is C19H17N5O2S. The largest absolute Gasteiger partial charge is 0.325 e. The van der Waals surface area contributed by atoms with Crippen molar-refractivity contribution in [2.75, 3.05) is 5.32 Å². The summed E-state index contributed by atoms with van der Waals surface area (Å²) in [6.07, 6.45) is 0. The van der Waals surface area contributed by atoms with Crippen LogP contribution in [0.2, 0.25) is 0 Å². The average molecular weight is 379 g/mol. The number of carbonyl (C=O) groups is 2. The van der Waals surface area contributed by atoms with Gasteiger partial charge in [0.2, 0.25) is 11.8 Å². The zero-order chi connectivity index (χ0) is 20.2. The van der Waals surface area contributed by atoms with Gasteiger partial charge in [0.05, 0.1) is 39.6 Å². The maximum atomic E-state index is 12.4. The van der Waals surface area contributed by atoms with Crippen molar-refractivity contribution in [1.29, 1.82) is 15.8 Å². The van der Waals surface area contributed by atoms with E-state index in [1.54, 1.807) is 45.0 Å². The van der Waals surface area contributed by atoms with Crippen molar-refractivity contribution in [2.24, 2.45) is 11.3 Å². The number of anilines is 1. The zero-order valence-corrected chi connectivity index (χ0v) is 15.8. The molecule has 0 fully saturated rings. The van der Waals surface area contributed by atoms with E-state index in [-0.39, 0.29) is 11.5 Å². The van der Waals surface area contributed by atoms with Crippen LogP contribution in [0.1, 0.15) is 26.3 Å². The van der Waals surface area contributed by atoms with Gasteiger partial charge in [0.25, 0.3) is 0 Å². The number of thioether (sulfide) groups is 1. The highest BCUT2D eigenvalue weighted by atomic mass is 32.2. The van der Waals surface area contributed by atoms with Crippen molar-refractivity contribution in [3.8, 4) is 18.2 Å². The highest BCUT2D eigenvalue weighted by Gasteiger charge is 2.45. The summed E-state index contributed by atoms with van der Waals surface area (Å²) in [6.45, 7) is 4.99. The molecule has 2 N–H and O–H groups in total. The Kier molecular flexibility index (Phi) is 5.90. The number of rotatable bonds is 4. The Hall–Kier alpha value is -3.28. The summed E-state index contributed by atoms with van der Waals surface area (Å²) < 4.78 is 0. The van der Waals surface area contributed by atoms with E-state index in [0.717, 1.165) is 11.8 Å². The number of hydrogen-bond acceptors (Lipinski definition) is 6. The molecule has 1 aliphatic rings. The van der Waals surface area contributed by atoms with Crippen LogP contribution >= 0.6 is 11.8 Å². The lowest BCUT2D eigenvalue weighted by molar-refractivity contribution is -0.125. The van der Waals surface area contributed by atoms with Gasteiger partial charge in [-0.3, -0.25) is 9.59 Å². The van der Waals surface area contributed by atoms with E-state index in [4.69, 9.17) is 5.26 Å². The SMILES string of the molecule is C[C@H](SC1=C(C#N)C(C)(C)[C@H](C#N)C(=O)N1)C(=O)Nc1ccc(C#N)cc1. The van der Waals surface area contributed by atoms with E-state index in [9.17, 15) is 20.1 Å². The summed E-state index contributed by atoms with van der Waals surface area (Å²) in [5, 5.41) is 32.6. The van der Waals surface area contributed by atoms with Gasteiger partial charge < -0.3 is 10.6 Å². The lowest BCUT2D eigenvalue weighted by Gasteiger charge is -2.35. The van der Waals surface area contributed by atoms with Crippen LogP contribution in [0.5, 0.6) is 0 Å². The van der Waals surface area contributed by atoms with Crippen LogP contribution in [-0.4, -0.2) is 17.1 Å². The van der Waals surface area contributed by atoms with Crippen LogP contribution in [0, 0.1) is 45.3 Å². The predicted molar refractivity (Wildman–Crippen MR) is 101 cm³/mol. The molecule has 1 heterocycles. The van der Waals surface area contributed by atoms with Crippen molar-refractivity contribution < 1.29 is 9.59 Å². The molecule has 0 aliphatic carbocycles. The Bertz CT molecular complexity index is 929. The van der Waals surface area contributed by atoms with E-state index in [2.05, 4.69) is 16.7 Å². The van der Waals surface area contributed by atoms with Crippen LogP contribution in [-0.2, 0) is 9.59 Å². The van der Waals surface area contributed by atoms with Crippen LogP contribution in [0.15, 0.2) is 34.9 Å². The third kappa shape index (κ3) is 4.11. The molecule has 0 unspecified atom stereocenters. The Morgan fingerprint density at radius 1 is 1.22 bits per heavy atom. The number of amides is 2. The summed E-state index contributed by atoms with van der Waals surface area (Å²) in [7, 11) is 0. The van der Waals surface area contributed by atoms with Crippen molar-refractivity contribution in [3.63, 3.8) is 0 Å². The van der Waals surface area contributed by atoms with Gasteiger partial charge in [-0.25, -0.2) is 0 Å². The smallest absolute Gasteiger partial charge is 0.243 e. The third-order valence-electron chi connectivity index (χ3n) is 4.28. The number of carbonyl (C=O) groups excluding carboxylic acids is 2. The monoisotopic (exact) mass is 379 g/mol. The molecule has 8 heteroatoms. The minimum absolute atomic E-state index is 0.275. The highest BCUT2D eigenvalue weighted by Crippen LogP contribution is 2.42. The minimum Gasteiger partial charge on any atom is -0.325 e. The van der Waals surface area contributed by atoms with Crippen molar-refractivity contribution in [2.45, 2.75) is 26.0 Å². The molecule has 7 nitrogen and oxygen atoms in total. The van der Waals surface area contributed by atoms with Gasteiger partial charge in [0.15, 0.2) is 0 Å². The molecule has 0 bridgehead atoms. The van der Waals surface area contributed by atoms with E-state index in [1.807, 2.05) is 12.1 Å². The molecule has 0 spiro atoms. The van der Waals surface area contributed by atoms with Crippen molar-refractivity contribution >= 4 is 29.3 Å². The first-order chi connectivity index (χ1) is 12.7. The van der Waals surface area contributed by atoms with Gasteiger partial charge in [-0.2, -0.15) is 15.8 Å². The van der Waals surface area contributed by atoms with Gasteiger partial charge in [-0.15, -0.1) is 0 Å². The summed E-state index contributed by atoms with van der Waals surface area (Å²) >= 11 is 1.06. The quantitative estimate of drug-likeness (QED) is 0.827. The zero-order valence-electron chi connectivity index (χ0n) is 15.0. The van der Waals surface area contributed by atoms with Crippen LogP contribution in [0.25, 0.3) is 0 Å². The average Bonchev–Trinajstić information content (AvgIpc) is 2.62. The first-order valence-electron chi connectivity index (χ1n) is 8.07. The second kappa shape index (κ2) is 7.95. The van der Waals surface area contributed by atoms with E-state index in [1.165, 1.54) is 0 Å². The fourth-order valence-corrected chi connectivity index (χ4v) is 3.72. The summed E-state index contributed by atoms with van der Waals surface area (Å²) in [5.41, 5.74) is 0.353. The Balaban J connectivity index is 2.19. The standard InChI is InChI=1S/C19H17N5O2S/c1-11(16(25)23-13-6-4-12(8-20)5-7-13)27-18-15(10-22)19(2,3)14(9-21)17(26)24-18/h4-7,11,14H,1-3H3,(H,23,25)(H,24,26)/t11-,14+/m0/s1. The summed E-state index contributed by atoms with van der Waals surface area (Å²) in [6, 6.07) is 12.4. The molecule has 2 atom stereocenters. The fraction of sp³-hybridized carbons (Fsp3) is 0.316. The van der Waals surface area contributed by atoms with Crippen LogP contribution in [0.4, 0.5) is 5.69 Å². The Morgan fingerprint density at radius 2 is 1.85 bits per heavy atom. The molecule has 136 valence electrons. The molecular weight excluding hydrogens is 362 g/mol. The lowest BCUT2D eigenvalue weighted by atomic mass is 9.72. The normalized spacial score (nSPS) is 19.1. The van der Waals surface area contributed by atoms with E-state index in [0.29, 0.717) is 16.3 Å². The number of nitrogens with one attached hydrogen (secondary N) is 2. The molecule has 0 saturated heterocycles. The summed E-state index contributed by atoms with van der Waals surface area (Å²) in [5.74, 6) is -1.77. The molecule has 2 amide bonds. The maximum Gasteiger partial charge on any atom is 0.243 e. The molecule has 1 aliphatic heterocycles. The molecule has 1 aromatic carbocycles. The molecule has 1 aromatic rings. The molecule has 2 rings (SSSR count). The second-order valence-corrected chi connectivity index (χ2v) is 7.88. The molecule has 0 radical (unpaired) electrons. The Morgan fingerprint density at radius 3 is 2.37 bits per heavy atom. The summed E-state index contributed by atoms with van der Waals surface area (Å²) in [4.78, 5) is 24.6. The first-order valence-corrected chi connectivity index (χ1v) is 8.95. The number of allylic oxidation sites excluding steroid dienone is 1. The third-order valence-corrected chi connectivity index (χ3v) is 5.39. The Labute approximate surface area is 161 Å². The number of nitriles is 3. The van der Waals surface area contributed by atoms with Crippen LogP contribution in [0.3, 0.4) is 0 Å². The second-order valence-electron chi connectivity index (χ2n) is 6.53. The van der Waals surface area contributed by atoms with Gasteiger partial charge in [-0.1, -0.05) is 25.6 Å². The predicted octanol–water partition coefficient (Wildman–Crippen LogP) is 2.65.